The van der Waals surface area contributed by atoms with Gasteiger partial charge in [-0.05, 0) is 24.6 Å². The number of aryl methyl sites for hydroxylation is 1. The van der Waals surface area contributed by atoms with Gasteiger partial charge in [-0.15, -0.1) is 5.10 Å². The Labute approximate surface area is 115 Å². The first-order valence-electron chi connectivity index (χ1n) is 6.22. The number of primary amides is 1. The number of anilines is 1. The van der Waals surface area contributed by atoms with Crippen molar-refractivity contribution in [3.05, 3.63) is 41.5 Å². The molecule has 0 saturated heterocycles. The number of nitrogens with one attached hydrogen (secondary N) is 2. The smallest absolute Gasteiger partial charge is 0.295 e. The minimum Gasteiger partial charge on any atom is -0.366 e. The maximum atomic E-state index is 11.9. The summed E-state index contributed by atoms with van der Waals surface area (Å²) in [5.41, 5.74) is 5.97. The molecule has 7 heteroatoms. The van der Waals surface area contributed by atoms with Gasteiger partial charge in [0.05, 0.1) is 0 Å². The van der Waals surface area contributed by atoms with Gasteiger partial charge in [0.25, 0.3) is 5.91 Å². The number of aromatic nitrogens is 3. The molecule has 20 heavy (non-hydrogen) atoms. The Morgan fingerprint density at radius 3 is 2.90 bits per heavy atom. The number of aromatic amines is 1. The zero-order valence-corrected chi connectivity index (χ0v) is 11.0. The van der Waals surface area contributed by atoms with Gasteiger partial charge < -0.3 is 11.1 Å². The molecule has 0 fully saturated rings. The van der Waals surface area contributed by atoms with Crippen molar-refractivity contribution in [2.24, 2.45) is 5.73 Å². The summed E-state index contributed by atoms with van der Waals surface area (Å²) < 4.78 is 0. The van der Waals surface area contributed by atoms with Crippen molar-refractivity contribution in [3.63, 3.8) is 0 Å². The Hall–Kier alpha value is -2.70. The van der Waals surface area contributed by atoms with Crippen molar-refractivity contribution >= 4 is 17.5 Å². The number of nitrogens with zero attached hydrogens (tertiary/aromatic N) is 2. The van der Waals surface area contributed by atoms with Crippen molar-refractivity contribution in [2.45, 2.75) is 19.8 Å². The van der Waals surface area contributed by atoms with E-state index in [1.54, 1.807) is 18.2 Å². The minimum absolute atomic E-state index is 0.0675. The second-order valence-corrected chi connectivity index (χ2v) is 4.25. The van der Waals surface area contributed by atoms with E-state index in [1.807, 2.05) is 6.92 Å². The van der Waals surface area contributed by atoms with Crippen LogP contribution in [0.4, 0.5) is 5.69 Å². The molecule has 7 nitrogen and oxygen atoms in total. The second-order valence-electron chi connectivity index (χ2n) is 4.25. The summed E-state index contributed by atoms with van der Waals surface area (Å²) in [6, 6.07) is 6.37. The Balaban J connectivity index is 2.10. The lowest BCUT2D eigenvalue weighted by Crippen LogP contribution is -2.15. The Morgan fingerprint density at radius 1 is 1.40 bits per heavy atom. The molecule has 0 atom stereocenters. The van der Waals surface area contributed by atoms with E-state index in [-0.39, 0.29) is 5.82 Å². The largest absolute Gasteiger partial charge is 0.366 e. The highest BCUT2D eigenvalue weighted by atomic mass is 16.2. The number of carbonyl (C=O) groups is 2. The van der Waals surface area contributed by atoms with Crippen molar-refractivity contribution in [1.82, 2.24) is 15.2 Å². The molecule has 1 aromatic carbocycles. The molecule has 0 unspecified atom stereocenters. The molecule has 104 valence electrons. The molecule has 1 heterocycles. The maximum Gasteiger partial charge on any atom is 0.295 e. The van der Waals surface area contributed by atoms with Crippen LogP contribution in [-0.4, -0.2) is 27.0 Å². The number of benzene rings is 1. The molecule has 0 spiro atoms. The fraction of sp³-hybridized carbons (Fsp3) is 0.231. The van der Waals surface area contributed by atoms with E-state index in [9.17, 15) is 9.59 Å². The van der Waals surface area contributed by atoms with Gasteiger partial charge in [0.2, 0.25) is 11.7 Å². The maximum absolute atomic E-state index is 11.9. The average molecular weight is 273 g/mol. The average Bonchev–Trinajstić information content (AvgIpc) is 2.88. The number of carbonyl (C=O) groups excluding carboxylic acids is 2. The molecule has 2 aromatic rings. The van der Waals surface area contributed by atoms with Crippen LogP contribution in [0.25, 0.3) is 0 Å². The molecule has 2 amide bonds. The molecule has 0 aliphatic carbocycles. The van der Waals surface area contributed by atoms with Crippen LogP contribution < -0.4 is 11.1 Å². The van der Waals surface area contributed by atoms with Crippen LogP contribution in [0.3, 0.4) is 0 Å². The van der Waals surface area contributed by atoms with Crippen LogP contribution in [0.2, 0.25) is 0 Å². The summed E-state index contributed by atoms with van der Waals surface area (Å²) in [4.78, 5) is 27.1. The molecule has 2 rings (SSSR count). The van der Waals surface area contributed by atoms with Gasteiger partial charge in [-0.2, -0.15) is 0 Å². The van der Waals surface area contributed by atoms with Crippen LogP contribution >= 0.6 is 0 Å². The third kappa shape index (κ3) is 3.19. The number of hydrogen-bond acceptors (Lipinski definition) is 4. The zero-order chi connectivity index (χ0) is 14.5. The highest BCUT2D eigenvalue weighted by molar-refractivity contribution is 6.02. The van der Waals surface area contributed by atoms with Gasteiger partial charge in [-0.3, -0.25) is 14.7 Å². The first-order chi connectivity index (χ1) is 9.60. The van der Waals surface area contributed by atoms with Crippen LogP contribution in [0.15, 0.2) is 24.3 Å². The molecule has 0 saturated carbocycles. The standard InChI is InChI=1S/C13H15N5O2/c1-2-4-10-16-12(18-17-10)13(20)15-9-6-3-5-8(7-9)11(14)19/h3,5-7H,2,4H2,1H3,(H2,14,19)(H,15,20)(H,16,17,18). The van der Waals surface area contributed by atoms with Crippen molar-refractivity contribution in [2.75, 3.05) is 5.32 Å². The van der Waals surface area contributed by atoms with E-state index >= 15 is 0 Å². The Kier molecular flexibility index (Phi) is 4.09. The van der Waals surface area contributed by atoms with Crippen LogP contribution in [0, 0.1) is 0 Å². The number of nitrogens with two attached hydrogens (primary N) is 1. The monoisotopic (exact) mass is 273 g/mol. The van der Waals surface area contributed by atoms with Gasteiger partial charge in [0.15, 0.2) is 0 Å². The zero-order valence-electron chi connectivity index (χ0n) is 11.0. The van der Waals surface area contributed by atoms with Crippen LogP contribution in [0.5, 0.6) is 0 Å². The first kappa shape index (κ1) is 13.7. The number of rotatable bonds is 5. The van der Waals surface area contributed by atoms with Gasteiger partial charge in [-0.25, -0.2) is 4.98 Å². The van der Waals surface area contributed by atoms with Gasteiger partial charge in [0.1, 0.15) is 5.82 Å². The third-order valence-corrected chi connectivity index (χ3v) is 2.63. The van der Waals surface area contributed by atoms with Gasteiger partial charge >= 0.3 is 0 Å². The predicted molar refractivity (Wildman–Crippen MR) is 73.3 cm³/mol. The SMILES string of the molecule is CCCc1nc(C(=O)Nc2cccc(C(N)=O)c2)n[nH]1. The topological polar surface area (TPSA) is 114 Å². The Morgan fingerprint density at radius 2 is 2.20 bits per heavy atom. The van der Waals surface area contributed by atoms with Crippen molar-refractivity contribution in [3.8, 4) is 0 Å². The molecule has 0 bridgehead atoms. The number of hydrogen-bond donors (Lipinski definition) is 3. The summed E-state index contributed by atoms with van der Waals surface area (Å²) in [5, 5.41) is 9.17. The lowest BCUT2D eigenvalue weighted by molar-refractivity contribution is 0.0994. The molecule has 0 aliphatic rings. The number of amides is 2. The van der Waals surface area contributed by atoms with Crippen molar-refractivity contribution < 1.29 is 9.59 Å². The minimum atomic E-state index is -0.552. The summed E-state index contributed by atoms with van der Waals surface area (Å²) >= 11 is 0. The third-order valence-electron chi connectivity index (χ3n) is 2.63. The highest BCUT2D eigenvalue weighted by Crippen LogP contribution is 2.11. The molecular formula is C13H15N5O2. The highest BCUT2D eigenvalue weighted by Gasteiger charge is 2.13. The molecule has 0 radical (unpaired) electrons. The second kappa shape index (κ2) is 5.96. The van der Waals surface area contributed by atoms with Gasteiger partial charge in [0, 0.05) is 17.7 Å². The quantitative estimate of drug-likeness (QED) is 0.757. The van der Waals surface area contributed by atoms with Crippen molar-refractivity contribution in [1.29, 1.82) is 0 Å². The molecular weight excluding hydrogens is 258 g/mol. The van der Waals surface area contributed by atoms with Crippen LogP contribution in [0.1, 0.15) is 40.1 Å². The lowest BCUT2D eigenvalue weighted by Gasteiger charge is -2.03. The molecule has 1 aromatic heterocycles. The summed E-state index contributed by atoms with van der Waals surface area (Å²) in [6.45, 7) is 2.01. The van der Waals surface area contributed by atoms with Crippen LogP contribution in [-0.2, 0) is 6.42 Å². The van der Waals surface area contributed by atoms with E-state index in [0.29, 0.717) is 17.1 Å². The summed E-state index contributed by atoms with van der Waals surface area (Å²) in [6.07, 6.45) is 1.65. The lowest BCUT2D eigenvalue weighted by atomic mass is 10.2. The summed E-state index contributed by atoms with van der Waals surface area (Å²) in [5.74, 6) is -0.254. The molecule has 0 aliphatic heterocycles. The van der Waals surface area contributed by atoms with E-state index in [2.05, 4.69) is 20.5 Å². The normalized spacial score (nSPS) is 10.2. The van der Waals surface area contributed by atoms with E-state index in [1.165, 1.54) is 6.07 Å². The fourth-order valence-corrected chi connectivity index (χ4v) is 1.68. The fourth-order valence-electron chi connectivity index (χ4n) is 1.68. The van der Waals surface area contributed by atoms with E-state index < -0.39 is 11.8 Å². The number of H-pyrrole nitrogens is 1. The Bertz CT molecular complexity index is 635. The summed E-state index contributed by atoms with van der Waals surface area (Å²) in [7, 11) is 0. The first-order valence-corrected chi connectivity index (χ1v) is 6.22. The van der Waals surface area contributed by atoms with E-state index in [0.717, 1.165) is 12.8 Å². The van der Waals surface area contributed by atoms with E-state index in [4.69, 9.17) is 5.73 Å². The van der Waals surface area contributed by atoms with Gasteiger partial charge in [-0.1, -0.05) is 13.0 Å². The molecule has 4 N–H and O–H groups in total. The predicted octanol–water partition coefficient (Wildman–Crippen LogP) is 1.11.